The van der Waals surface area contributed by atoms with Crippen molar-refractivity contribution >= 4 is 16.9 Å². The number of unbranched alkanes of at least 4 members (excludes halogenated alkanes) is 5. The average Bonchev–Trinajstić information content (AvgIpc) is 2.53. The molecule has 0 aliphatic rings. The number of carbonyl (C=O) groups excluding carboxylic acids is 1. The highest BCUT2D eigenvalue weighted by Gasteiger charge is 2.15. The molecule has 4 heteroatoms. The van der Waals surface area contributed by atoms with Crippen LogP contribution in [0.4, 0.5) is 0 Å². The van der Waals surface area contributed by atoms with Gasteiger partial charge in [0.15, 0.2) is 0 Å². The molecule has 0 saturated carbocycles. The van der Waals surface area contributed by atoms with Crippen LogP contribution < -0.4 is 5.63 Å². The monoisotopic (exact) mass is 316 g/mol. The van der Waals surface area contributed by atoms with Crippen molar-refractivity contribution in [2.24, 2.45) is 0 Å². The molecular weight excluding hydrogens is 292 g/mol. The Morgan fingerprint density at radius 3 is 2.61 bits per heavy atom. The van der Waals surface area contributed by atoms with E-state index in [-0.39, 0.29) is 5.56 Å². The van der Waals surface area contributed by atoms with E-state index in [2.05, 4.69) is 6.92 Å². The summed E-state index contributed by atoms with van der Waals surface area (Å²) in [6, 6.07) is 7.07. The molecule has 0 aliphatic heterocycles. The fourth-order valence-electron chi connectivity index (χ4n) is 2.49. The molecule has 0 fully saturated rings. The molecular formula is C19H24O4. The molecule has 0 unspecified atom stereocenters. The molecule has 0 N–H and O–H groups in total. The summed E-state index contributed by atoms with van der Waals surface area (Å²) in [5.74, 6) is -0.602. The number of hydrogen-bond donors (Lipinski definition) is 0. The van der Waals surface area contributed by atoms with Gasteiger partial charge in [-0.2, -0.15) is 0 Å². The van der Waals surface area contributed by atoms with Crippen LogP contribution in [0.15, 0.2) is 33.5 Å². The van der Waals surface area contributed by atoms with Crippen LogP contribution in [0.1, 0.15) is 61.4 Å². The Kier molecular flexibility index (Phi) is 6.39. The molecule has 0 saturated heterocycles. The van der Waals surface area contributed by atoms with Crippen molar-refractivity contribution in [1.29, 1.82) is 0 Å². The van der Waals surface area contributed by atoms with E-state index in [1.807, 2.05) is 19.1 Å². The van der Waals surface area contributed by atoms with Crippen LogP contribution in [0.3, 0.4) is 0 Å². The topological polar surface area (TPSA) is 56.5 Å². The van der Waals surface area contributed by atoms with Crippen molar-refractivity contribution in [3.63, 3.8) is 0 Å². The van der Waals surface area contributed by atoms with Crippen molar-refractivity contribution in [2.45, 2.75) is 52.4 Å². The first-order chi connectivity index (χ1) is 11.1. The molecule has 4 nitrogen and oxygen atoms in total. The Labute approximate surface area is 136 Å². The van der Waals surface area contributed by atoms with Gasteiger partial charge in [-0.1, -0.05) is 51.2 Å². The van der Waals surface area contributed by atoms with Crippen molar-refractivity contribution in [3.05, 3.63) is 45.8 Å². The third kappa shape index (κ3) is 4.95. The summed E-state index contributed by atoms with van der Waals surface area (Å²) in [6.07, 6.45) is 6.71. The van der Waals surface area contributed by atoms with Crippen molar-refractivity contribution < 1.29 is 13.9 Å². The highest BCUT2D eigenvalue weighted by molar-refractivity contribution is 5.92. The highest BCUT2D eigenvalue weighted by atomic mass is 16.5. The zero-order valence-electron chi connectivity index (χ0n) is 13.9. The number of benzene rings is 1. The van der Waals surface area contributed by atoms with E-state index in [9.17, 15) is 9.59 Å². The van der Waals surface area contributed by atoms with Crippen molar-refractivity contribution in [2.75, 3.05) is 6.61 Å². The van der Waals surface area contributed by atoms with E-state index in [4.69, 9.17) is 9.15 Å². The van der Waals surface area contributed by atoms with Gasteiger partial charge in [-0.15, -0.1) is 0 Å². The zero-order chi connectivity index (χ0) is 16.7. The van der Waals surface area contributed by atoms with Crippen LogP contribution in [0.2, 0.25) is 0 Å². The Morgan fingerprint density at radius 2 is 1.83 bits per heavy atom. The van der Waals surface area contributed by atoms with Crippen LogP contribution >= 0.6 is 0 Å². The summed E-state index contributed by atoms with van der Waals surface area (Å²) in [5.41, 5.74) is 0.810. The van der Waals surface area contributed by atoms with Gasteiger partial charge < -0.3 is 9.15 Å². The SMILES string of the molecule is CCCCCCCCOC(=O)c1cc2ccc(C)cc2oc1=O. The summed E-state index contributed by atoms with van der Waals surface area (Å²) >= 11 is 0. The van der Waals surface area contributed by atoms with Gasteiger partial charge >= 0.3 is 11.6 Å². The van der Waals surface area contributed by atoms with Gasteiger partial charge in [0.1, 0.15) is 11.1 Å². The zero-order valence-corrected chi connectivity index (χ0v) is 13.9. The molecule has 2 rings (SSSR count). The van der Waals surface area contributed by atoms with Gasteiger partial charge in [-0.25, -0.2) is 9.59 Å². The molecule has 2 aromatic rings. The minimum absolute atomic E-state index is 0.0349. The number of fused-ring (bicyclic) bond motifs is 1. The lowest BCUT2D eigenvalue weighted by molar-refractivity contribution is 0.0493. The van der Waals surface area contributed by atoms with Crippen molar-refractivity contribution in [1.82, 2.24) is 0 Å². The molecule has 23 heavy (non-hydrogen) atoms. The lowest BCUT2D eigenvalue weighted by Crippen LogP contribution is -2.17. The second kappa shape index (κ2) is 8.51. The molecule has 0 spiro atoms. The van der Waals surface area contributed by atoms with Crippen LogP contribution in [0, 0.1) is 6.92 Å². The normalized spacial score (nSPS) is 10.9. The quantitative estimate of drug-likeness (QED) is 0.405. The average molecular weight is 316 g/mol. The second-order valence-corrected chi connectivity index (χ2v) is 5.89. The Balaban J connectivity index is 1.92. The third-order valence-corrected chi connectivity index (χ3v) is 3.84. The lowest BCUT2D eigenvalue weighted by Gasteiger charge is -2.05. The van der Waals surface area contributed by atoms with Crippen LogP contribution in [-0.4, -0.2) is 12.6 Å². The predicted molar refractivity (Wildman–Crippen MR) is 90.9 cm³/mol. The molecule has 1 heterocycles. The maximum absolute atomic E-state index is 12.0. The third-order valence-electron chi connectivity index (χ3n) is 3.84. The van der Waals surface area contributed by atoms with E-state index in [0.29, 0.717) is 12.2 Å². The number of rotatable bonds is 8. The maximum Gasteiger partial charge on any atom is 0.351 e. The van der Waals surface area contributed by atoms with Gasteiger partial charge in [0.2, 0.25) is 0 Å². The highest BCUT2D eigenvalue weighted by Crippen LogP contribution is 2.15. The van der Waals surface area contributed by atoms with E-state index < -0.39 is 11.6 Å². The molecule has 1 aromatic heterocycles. The Morgan fingerprint density at radius 1 is 1.09 bits per heavy atom. The minimum atomic E-state index is -0.643. The number of aryl methyl sites for hydroxylation is 1. The predicted octanol–water partition coefficient (Wildman–Crippen LogP) is 4.62. The maximum atomic E-state index is 12.0. The summed E-state index contributed by atoms with van der Waals surface area (Å²) in [7, 11) is 0. The van der Waals surface area contributed by atoms with Gasteiger partial charge in [-0.05, 0) is 31.0 Å². The van der Waals surface area contributed by atoms with Crippen LogP contribution in [-0.2, 0) is 4.74 Å². The summed E-state index contributed by atoms with van der Waals surface area (Å²) in [6.45, 7) is 4.44. The lowest BCUT2D eigenvalue weighted by atomic mass is 10.1. The minimum Gasteiger partial charge on any atom is -0.462 e. The van der Waals surface area contributed by atoms with E-state index >= 15 is 0 Å². The number of carbonyl (C=O) groups is 1. The summed E-state index contributed by atoms with van der Waals surface area (Å²) in [5, 5.41) is 0.724. The smallest absolute Gasteiger partial charge is 0.351 e. The molecule has 0 radical (unpaired) electrons. The molecule has 124 valence electrons. The van der Waals surface area contributed by atoms with Gasteiger partial charge in [0.05, 0.1) is 6.61 Å². The molecule has 1 aromatic carbocycles. The number of esters is 1. The standard InChI is InChI=1S/C19H24O4/c1-3-4-5-6-7-8-11-22-18(20)16-13-15-10-9-14(2)12-17(15)23-19(16)21/h9-10,12-13H,3-8,11H2,1-2H3. The molecule has 0 aliphatic carbocycles. The van der Waals surface area contributed by atoms with E-state index in [1.165, 1.54) is 19.3 Å². The van der Waals surface area contributed by atoms with E-state index in [1.54, 1.807) is 12.1 Å². The molecule has 0 amide bonds. The Hall–Kier alpha value is -2.10. The Bertz CT molecular complexity index is 715. The largest absolute Gasteiger partial charge is 0.462 e. The summed E-state index contributed by atoms with van der Waals surface area (Å²) in [4.78, 5) is 24.0. The van der Waals surface area contributed by atoms with E-state index in [0.717, 1.165) is 30.2 Å². The molecule has 0 bridgehead atoms. The van der Waals surface area contributed by atoms with Crippen molar-refractivity contribution in [3.8, 4) is 0 Å². The first-order valence-corrected chi connectivity index (χ1v) is 8.33. The van der Waals surface area contributed by atoms with Gasteiger partial charge in [0.25, 0.3) is 0 Å². The fraction of sp³-hybridized carbons (Fsp3) is 0.474. The second-order valence-electron chi connectivity index (χ2n) is 5.89. The van der Waals surface area contributed by atoms with Gasteiger partial charge in [-0.3, -0.25) is 0 Å². The number of hydrogen-bond acceptors (Lipinski definition) is 4. The number of ether oxygens (including phenoxy) is 1. The molecule has 0 atom stereocenters. The first kappa shape index (κ1) is 17.3. The van der Waals surface area contributed by atoms with Crippen LogP contribution in [0.5, 0.6) is 0 Å². The van der Waals surface area contributed by atoms with Gasteiger partial charge in [0, 0.05) is 5.39 Å². The fourth-order valence-corrected chi connectivity index (χ4v) is 2.49. The summed E-state index contributed by atoms with van der Waals surface area (Å²) < 4.78 is 10.4. The first-order valence-electron chi connectivity index (χ1n) is 8.33. The van der Waals surface area contributed by atoms with Crippen LogP contribution in [0.25, 0.3) is 11.0 Å².